The van der Waals surface area contributed by atoms with Crippen molar-refractivity contribution in [1.29, 1.82) is 0 Å². The Hall–Kier alpha value is -1.75. The molecule has 1 unspecified atom stereocenters. The Morgan fingerprint density at radius 3 is 2.81 bits per heavy atom. The Balaban J connectivity index is 2.25. The van der Waals surface area contributed by atoms with Gasteiger partial charge in [0.05, 0.1) is 11.7 Å². The van der Waals surface area contributed by atoms with E-state index in [4.69, 9.17) is 19.3 Å². The van der Waals surface area contributed by atoms with Crippen LogP contribution in [-0.4, -0.2) is 30.9 Å². The van der Waals surface area contributed by atoms with Gasteiger partial charge in [0, 0.05) is 6.07 Å². The average Bonchev–Trinajstić information content (AvgIpc) is 2.71. The minimum Gasteiger partial charge on any atom is -0.490 e. The quantitative estimate of drug-likeness (QED) is 0.772. The Labute approximate surface area is 92.5 Å². The number of carbonyl (C=O) groups excluding carboxylic acids is 1. The number of aliphatic hydroxyl groups excluding tert-OH is 1. The molecule has 0 spiro atoms. The lowest BCUT2D eigenvalue weighted by atomic mass is 10.2. The van der Waals surface area contributed by atoms with Gasteiger partial charge in [0.1, 0.15) is 12.4 Å². The molecule has 1 atom stereocenters. The first kappa shape index (κ1) is 10.8. The van der Waals surface area contributed by atoms with Gasteiger partial charge in [0.2, 0.25) is 6.79 Å². The van der Waals surface area contributed by atoms with Gasteiger partial charge in [-0.25, -0.2) is 0 Å². The van der Waals surface area contributed by atoms with Gasteiger partial charge >= 0.3 is 0 Å². The summed E-state index contributed by atoms with van der Waals surface area (Å²) < 4.78 is 15.6. The van der Waals surface area contributed by atoms with Gasteiger partial charge in [-0.1, -0.05) is 0 Å². The van der Waals surface area contributed by atoms with Crippen molar-refractivity contribution < 1.29 is 24.1 Å². The highest BCUT2D eigenvalue weighted by Crippen LogP contribution is 2.37. The highest BCUT2D eigenvalue weighted by Gasteiger charge is 2.18. The van der Waals surface area contributed by atoms with E-state index in [1.54, 1.807) is 19.1 Å². The van der Waals surface area contributed by atoms with Crippen molar-refractivity contribution in [2.24, 2.45) is 0 Å². The zero-order valence-corrected chi connectivity index (χ0v) is 8.80. The zero-order valence-electron chi connectivity index (χ0n) is 8.80. The molecule has 1 N–H and O–H groups in total. The molecule has 2 rings (SSSR count). The SMILES string of the molecule is CC(O)COc1cc2c(cc1C=O)OCO2. The lowest BCUT2D eigenvalue weighted by Crippen LogP contribution is -2.13. The summed E-state index contributed by atoms with van der Waals surface area (Å²) in [7, 11) is 0. The monoisotopic (exact) mass is 224 g/mol. The van der Waals surface area contributed by atoms with Crippen LogP contribution >= 0.6 is 0 Å². The van der Waals surface area contributed by atoms with E-state index in [0.717, 1.165) is 0 Å². The van der Waals surface area contributed by atoms with Crippen LogP contribution in [-0.2, 0) is 0 Å². The molecule has 0 amide bonds. The molecule has 0 aliphatic carbocycles. The lowest BCUT2D eigenvalue weighted by Gasteiger charge is -2.10. The van der Waals surface area contributed by atoms with Gasteiger partial charge in [-0.15, -0.1) is 0 Å². The molecule has 0 bridgehead atoms. The summed E-state index contributed by atoms with van der Waals surface area (Å²) >= 11 is 0. The van der Waals surface area contributed by atoms with Crippen LogP contribution in [0.1, 0.15) is 17.3 Å². The van der Waals surface area contributed by atoms with E-state index in [2.05, 4.69) is 0 Å². The van der Waals surface area contributed by atoms with Crippen molar-refractivity contribution in [2.75, 3.05) is 13.4 Å². The molecule has 1 aliphatic rings. The van der Waals surface area contributed by atoms with E-state index in [-0.39, 0.29) is 13.4 Å². The number of fused-ring (bicyclic) bond motifs is 1. The second kappa shape index (κ2) is 4.40. The Kier molecular flexibility index (Phi) is 2.96. The highest BCUT2D eigenvalue weighted by molar-refractivity contribution is 5.81. The third-order valence-corrected chi connectivity index (χ3v) is 2.11. The summed E-state index contributed by atoms with van der Waals surface area (Å²) in [5, 5.41) is 9.10. The van der Waals surface area contributed by atoms with E-state index in [1.807, 2.05) is 0 Å². The minimum atomic E-state index is -0.593. The summed E-state index contributed by atoms with van der Waals surface area (Å²) in [6.45, 7) is 1.88. The topological polar surface area (TPSA) is 65.0 Å². The largest absolute Gasteiger partial charge is 0.490 e. The smallest absolute Gasteiger partial charge is 0.231 e. The molecule has 1 aromatic carbocycles. The molecule has 0 aromatic heterocycles. The first-order chi connectivity index (χ1) is 7.70. The van der Waals surface area contributed by atoms with E-state index in [9.17, 15) is 4.79 Å². The molecule has 86 valence electrons. The molecule has 0 radical (unpaired) electrons. The average molecular weight is 224 g/mol. The van der Waals surface area contributed by atoms with Crippen LogP contribution in [0.3, 0.4) is 0 Å². The Morgan fingerprint density at radius 2 is 2.19 bits per heavy atom. The molecule has 5 heteroatoms. The summed E-state index contributed by atoms with van der Waals surface area (Å²) in [6, 6.07) is 3.15. The van der Waals surface area contributed by atoms with Crippen molar-refractivity contribution in [3.05, 3.63) is 17.7 Å². The first-order valence-electron chi connectivity index (χ1n) is 4.90. The summed E-state index contributed by atoms with van der Waals surface area (Å²) in [4.78, 5) is 10.8. The zero-order chi connectivity index (χ0) is 11.5. The van der Waals surface area contributed by atoms with E-state index < -0.39 is 6.10 Å². The third kappa shape index (κ3) is 2.09. The van der Waals surface area contributed by atoms with Gasteiger partial charge < -0.3 is 19.3 Å². The first-order valence-corrected chi connectivity index (χ1v) is 4.90. The second-order valence-corrected chi connectivity index (χ2v) is 3.52. The van der Waals surface area contributed by atoms with E-state index in [1.165, 1.54) is 0 Å². The number of hydrogen-bond acceptors (Lipinski definition) is 5. The Bertz CT molecular complexity index is 400. The maximum atomic E-state index is 10.8. The maximum Gasteiger partial charge on any atom is 0.231 e. The van der Waals surface area contributed by atoms with Crippen LogP contribution in [0.2, 0.25) is 0 Å². The minimum absolute atomic E-state index is 0.125. The van der Waals surface area contributed by atoms with E-state index in [0.29, 0.717) is 29.1 Å². The number of aldehydes is 1. The fourth-order valence-electron chi connectivity index (χ4n) is 1.37. The molecule has 5 nitrogen and oxygen atoms in total. The molecular formula is C11H12O5. The van der Waals surface area contributed by atoms with Crippen LogP contribution in [0, 0.1) is 0 Å². The van der Waals surface area contributed by atoms with Crippen LogP contribution in [0.15, 0.2) is 12.1 Å². The molecule has 0 fully saturated rings. The van der Waals surface area contributed by atoms with Gasteiger partial charge in [-0.2, -0.15) is 0 Å². The van der Waals surface area contributed by atoms with Gasteiger partial charge in [-0.3, -0.25) is 4.79 Å². The fraction of sp³-hybridized carbons (Fsp3) is 0.364. The van der Waals surface area contributed by atoms with Crippen molar-refractivity contribution in [2.45, 2.75) is 13.0 Å². The predicted octanol–water partition coefficient (Wildman–Crippen LogP) is 0.987. The van der Waals surface area contributed by atoms with Crippen LogP contribution in [0.5, 0.6) is 17.2 Å². The van der Waals surface area contributed by atoms with Crippen molar-refractivity contribution in [1.82, 2.24) is 0 Å². The number of benzene rings is 1. The molecule has 1 aliphatic heterocycles. The standard InChI is InChI=1S/C11H12O5/c1-7(13)5-14-9-3-11-10(15-6-16-11)2-8(9)4-12/h2-4,7,13H,5-6H2,1H3. The van der Waals surface area contributed by atoms with Gasteiger partial charge in [0.25, 0.3) is 0 Å². The third-order valence-electron chi connectivity index (χ3n) is 2.11. The Morgan fingerprint density at radius 1 is 1.50 bits per heavy atom. The van der Waals surface area contributed by atoms with Crippen LogP contribution < -0.4 is 14.2 Å². The second-order valence-electron chi connectivity index (χ2n) is 3.52. The van der Waals surface area contributed by atoms with Gasteiger partial charge in [0.15, 0.2) is 17.8 Å². The number of hydrogen-bond donors (Lipinski definition) is 1. The molecule has 0 saturated heterocycles. The molecule has 0 saturated carbocycles. The molecule has 16 heavy (non-hydrogen) atoms. The lowest BCUT2D eigenvalue weighted by molar-refractivity contribution is 0.109. The van der Waals surface area contributed by atoms with E-state index >= 15 is 0 Å². The molecule has 1 aromatic rings. The van der Waals surface area contributed by atoms with Crippen LogP contribution in [0.4, 0.5) is 0 Å². The number of aliphatic hydroxyl groups is 1. The molecular weight excluding hydrogens is 212 g/mol. The van der Waals surface area contributed by atoms with Crippen molar-refractivity contribution >= 4 is 6.29 Å². The maximum absolute atomic E-state index is 10.8. The predicted molar refractivity (Wildman–Crippen MR) is 55.1 cm³/mol. The molecule has 1 heterocycles. The number of carbonyl (C=O) groups is 1. The number of rotatable bonds is 4. The number of ether oxygens (including phenoxy) is 3. The fourth-order valence-corrected chi connectivity index (χ4v) is 1.37. The summed E-state index contributed by atoms with van der Waals surface area (Å²) in [5.74, 6) is 1.47. The van der Waals surface area contributed by atoms with Crippen LogP contribution in [0.25, 0.3) is 0 Å². The van der Waals surface area contributed by atoms with Crippen molar-refractivity contribution in [3.8, 4) is 17.2 Å². The van der Waals surface area contributed by atoms with Gasteiger partial charge in [-0.05, 0) is 13.0 Å². The highest BCUT2D eigenvalue weighted by atomic mass is 16.7. The summed E-state index contributed by atoms with van der Waals surface area (Å²) in [5.41, 5.74) is 0.380. The van der Waals surface area contributed by atoms with Crippen molar-refractivity contribution in [3.63, 3.8) is 0 Å². The summed E-state index contributed by atoms with van der Waals surface area (Å²) in [6.07, 6.45) is 0.0872. The normalized spacial score (nSPS) is 14.6.